The molecule has 0 aliphatic carbocycles. The lowest BCUT2D eigenvalue weighted by Gasteiger charge is -2.32. The molecule has 2 N–H and O–H groups in total. The van der Waals surface area contributed by atoms with Crippen LogP contribution in [0.4, 0.5) is 0 Å². The van der Waals surface area contributed by atoms with Crippen LogP contribution in [0.25, 0.3) is 0 Å². The normalized spacial score (nSPS) is 25.9. The van der Waals surface area contributed by atoms with Crippen molar-refractivity contribution in [1.82, 2.24) is 5.32 Å². The maximum absolute atomic E-state index is 9.54. The predicted molar refractivity (Wildman–Crippen MR) is 72.5 cm³/mol. The van der Waals surface area contributed by atoms with Gasteiger partial charge in [0.05, 0.1) is 18.8 Å². The highest BCUT2D eigenvalue weighted by molar-refractivity contribution is 5.19. The van der Waals surface area contributed by atoms with Gasteiger partial charge in [-0.1, -0.05) is 37.3 Å². The number of benzene rings is 1. The summed E-state index contributed by atoms with van der Waals surface area (Å²) in [5, 5.41) is 13.1. The molecule has 3 heteroatoms. The van der Waals surface area contributed by atoms with Gasteiger partial charge in [0.25, 0.3) is 0 Å². The van der Waals surface area contributed by atoms with E-state index in [0.29, 0.717) is 12.1 Å². The van der Waals surface area contributed by atoms with Gasteiger partial charge in [0.15, 0.2) is 0 Å². The first-order chi connectivity index (χ1) is 8.83. The second-order valence-electron chi connectivity index (χ2n) is 4.93. The van der Waals surface area contributed by atoms with Gasteiger partial charge in [0, 0.05) is 12.6 Å². The zero-order valence-corrected chi connectivity index (χ0v) is 11.0. The van der Waals surface area contributed by atoms with E-state index in [1.165, 1.54) is 0 Å². The van der Waals surface area contributed by atoms with Crippen LogP contribution < -0.4 is 5.32 Å². The minimum absolute atomic E-state index is 0.0341. The molecule has 3 nitrogen and oxygen atoms in total. The van der Waals surface area contributed by atoms with E-state index in [2.05, 4.69) is 24.4 Å². The average molecular weight is 249 g/mol. The van der Waals surface area contributed by atoms with Gasteiger partial charge in [-0.3, -0.25) is 0 Å². The highest BCUT2D eigenvalue weighted by atomic mass is 16.5. The van der Waals surface area contributed by atoms with Crippen molar-refractivity contribution in [2.75, 3.05) is 13.2 Å². The Hall–Kier alpha value is -0.900. The molecule has 0 aromatic heterocycles. The van der Waals surface area contributed by atoms with Gasteiger partial charge in [0.1, 0.15) is 0 Å². The van der Waals surface area contributed by atoms with Gasteiger partial charge in [-0.25, -0.2) is 0 Å². The Morgan fingerprint density at radius 1 is 1.39 bits per heavy atom. The molecule has 0 saturated carbocycles. The smallest absolute Gasteiger partial charge is 0.0626 e. The fourth-order valence-electron chi connectivity index (χ4n) is 2.54. The SMILES string of the molecule is CCC1CC(N[C@@H](CO)c2ccccc2)CCO1. The van der Waals surface area contributed by atoms with Gasteiger partial charge in [0.2, 0.25) is 0 Å². The zero-order valence-electron chi connectivity index (χ0n) is 11.0. The minimum Gasteiger partial charge on any atom is -0.394 e. The van der Waals surface area contributed by atoms with Gasteiger partial charge >= 0.3 is 0 Å². The first kappa shape index (κ1) is 13.5. The second-order valence-corrected chi connectivity index (χ2v) is 4.93. The van der Waals surface area contributed by atoms with E-state index in [-0.39, 0.29) is 12.6 Å². The van der Waals surface area contributed by atoms with Crippen molar-refractivity contribution in [2.45, 2.75) is 44.4 Å². The Bertz CT molecular complexity index is 342. The summed E-state index contributed by atoms with van der Waals surface area (Å²) in [5.74, 6) is 0. The van der Waals surface area contributed by atoms with Crippen molar-refractivity contribution >= 4 is 0 Å². The standard InChI is InChI=1S/C15H23NO2/c1-2-14-10-13(8-9-18-14)16-15(11-17)12-6-4-3-5-7-12/h3-7,13-17H,2,8-11H2,1H3/t13?,14?,15-/m0/s1. The summed E-state index contributed by atoms with van der Waals surface area (Å²) in [7, 11) is 0. The van der Waals surface area contributed by atoms with Crippen molar-refractivity contribution in [3.63, 3.8) is 0 Å². The van der Waals surface area contributed by atoms with E-state index >= 15 is 0 Å². The second kappa shape index (κ2) is 6.88. The molecule has 1 heterocycles. The third-order valence-electron chi connectivity index (χ3n) is 3.64. The number of rotatable bonds is 5. The molecule has 1 aromatic rings. The minimum atomic E-state index is 0.0341. The summed E-state index contributed by atoms with van der Waals surface area (Å²) in [5.41, 5.74) is 1.15. The van der Waals surface area contributed by atoms with E-state index in [4.69, 9.17) is 4.74 Å². The number of ether oxygens (including phenoxy) is 1. The van der Waals surface area contributed by atoms with Crippen molar-refractivity contribution in [1.29, 1.82) is 0 Å². The molecule has 0 amide bonds. The fraction of sp³-hybridized carbons (Fsp3) is 0.600. The van der Waals surface area contributed by atoms with Gasteiger partial charge < -0.3 is 15.2 Å². The van der Waals surface area contributed by atoms with E-state index in [1.54, 1.807) is 0 Å². The Morgan fingerprint density at radius 3 is 2.83 bits per heavy atom. The first-order valence-electron chi connectivity index (χ1n) is 6.87. The molecule has 1 aliphatic rings. The Morgan fingerprint density at radius 2 is 2.17 bits per heavy atom. The maximum atomic E-state index is 9.54. The van der Waals surface area contributed by atoms with Crippen LogP contribution in [0.5, 0.6) is 0 Å². The lowest BCUT2D eigenvalue weighted by Crippen LogP contribution is -2.41. The summed E-state index contributed by atoms with van der Waals surface area (Å²) in [4.78, 5) is 0. The number of hydrogen-bond acceptors (Lipinski definition) is 3. The molecule has 2 rings (SSSR count). The Labute approximate surface area is 109 Å². The number of aliphatic hydroxyl groups is 1. The van der Waals surface area contributed by atoms with Crippen LogP contribution in [0.15, 0.2) is 30.3 Å². The van der Waals surface area contributed by atoms with Crippen LogP contribution in [-0.4, -0.2) is 30.5 Å². The van der Waals surface area contributed by atoms with E-state index < -0.39 is 0 Å². The lowest BCUT2D eigenvalue weighted by atomic mass is 9.99. The molecule has 100 valence electrons. The topological polar surface area (TPSA) is 41.5 Å². The highest BCUT2D eigenvalue weighted by Crippen LogP contribution is 2.20. The van der Waals surface area contributed by atoms with Crippen LogP contribution in [0.3, 0.4) is 0 Å². The largest absolute Gasteiger partial charge is 0.394 e. The van der Waals surface area contributed by atoms with E-state index in [9.17, 15) is 5.11 Å². The molecule has 0 spiro atoms. The summed E-state index contributed by atoms with van der Waals surface area (Å²) in [6.07, 6.45) is 3.50. The third-order valence-corrected chi connectivity index (χ3v) is 3.64. The molecule has 18 heavy (non-hydrogen) atoms. The van der Waals surface area contributed by atoms with Crippen LogP contribution in [0.2, 0.25) is 0 Å². The molecule has 1 fully saturated rings. The van der Waals surface area contributed by atoms with Gasteiger partial charge in [-0.15, -0.1) is 0 Å². The highest BCUT2D eigenvalue weighted by Gasteiger charge is 2.23. The van der Waals surface area contributed by atoms with Crippen molar-refractivity contribution < 1.29 is 9.84 Å². The molecule has 2 unspecified atom stereocenters. The zero-order chi connectivity index (χ0) is 12.8. The molecular formula is C15H23NO2. The third kappa shape index (κ3) is 3.55. The molecule has 1 aromatic carbocycles. The summed E-state index contributed by atoms with van der Waals surface area (Å²) in [6.45, 7) is 3.12. The maximum Gasteiger partial charge on any atom is 0.0626 e. The average Bonchev–Trinajstić information content (AvgIpc) is 2.46. The predicted octanol–water partition coefficient (Wildman–Crippen LogP) is 2.27. The molecular weight excluding hydrogens is 226 g/mol. The van der Waals surface area contributed by atoms with Crippen LogP contribution in [0.1, 0.15) is 37.8 Å². The molecule has 1 saturated heterocycles. The summed E-state index contributed by atoms with van der Waals surface area (Å²) >= 11 is 0. The quantitative estimate of drug-likeness (QED) is 0.841. The van der Waals surface area contributed by atoms with Crippen molar-refractivity contribution in [3.05, 3.63) is 35.9 Å². The number of hydrogen-bond donors (Lipinski definition) is 2. The van der Waals surface area contributed by atoms with Crippen LogP contribution in [0, 0.1) is 0 Å². The Balaban J connectivity index is 1.94. The van der Waals surface area contributed by atoms with Crippen molar-refractivity contribution in [2.24, 2.45) is 0 Å². The summed E-state index contributed by atoms with van der Waals surface area (Å²) < 4.78 is 5.68. The van der Waals surface area contributed by atoms with Crippen LogP contribution in [-0.2, 0) is 4.74 Å². The lowest BCUT2D eigenvalue weighted by molar-refractivity contribution is -0.00335. The van der Waals surface area contributed by atoms with E-state index in [1.807, 2.05) is 18.2 Å². The van der Waals surface area contributed by atoms with Crippen molar-refractivity contribution in [3.8, 4) is 0 Å². The Kier molecular flexibility index (Phi) is 5.17. The molecule has 1 aliphatic heterocycles. The van der Waals surface area contributed by atoms with Gasteiger partial charge in [-0.05, 0) is 24.8 Å². The van der Waals surface area contributed by atoms with E-state index in [0.717, 1.165) is 31.4 Å². The number of aliphatic hydroxyl groups excluding tert-OH is 1. The molecule has 3 atom stereocenters. The van der Waals surface area contributed by atoms with Crippen LogP contribution >= 0.6 is 0 Å². The summed E-state index contributed by atoms with van der Waals surface area (Å²) in [6, 6.07) is 10.6. The number of nitrogens with one attached hydrogen (secondary N) is 1. The molecule has 0 bridgehead atoms. The van der Waals surface area contributed by atoms with Gasteiger partial charge in [-0.2, -0.15) is 0 Å². The first-order valence-corrected chi connectivity index (χ1v) is 6.87. The fourth-order valence-corrected chi connectivity index (χ4v) is 2.54. The monoisotopic (exact) mass is 249 g/mol. The molecule has 0 radical (unpaired) electrons.